The van der Waals surface area contributed by atoms with Gasteiger partial charge in [-0.1, -0.05) is 35.4 Å². The van der Waals surface area contributed by atoms with Gasteiger partial charge >= 0.3 is 0 Å². The van der Waals surface area contributed by atoms with Gasteiger partial charge in [0.05, 0.1) is 0 Å². The third kappa shape index (κ3) is 3.48. The molecule has 94 valence electrons. The van der Waals surface area contributed by atoms with Crippen molar-refractivity contribution in [3.05, 3.63) is 59.2 Å². The normalized spacial score (nSPS) is 10.8. The van der Waals surface area contributed by atoms with Gasteiger partial charge in [-0.2, -0.15) is 0 Å². The van der Waals surface area contributed by atoms with Gasteiger partial charge in [0.25, 0.3) is 9.03 Å². The summed E-state index contributed by atoms with van der Waals surface area (Å²) in [5.41, 5.74) is 3.60. The molecule has 0 spiro atoms. The van der Waals surface area contributed by atoms with E-state index in [9.17, 15) is 0 Å². The van der Waals surface area contributed by atoms with Gasteiger partial charge in [0.2, 0.25) is 0 Å². The van der Waals surface area contributed by atoms with Crippen molar-refractivity contribution >= 4 is 9.03 Å². The van der Waals surface area contributed by atoms with Gasteiger partial charge in [-0.3, -0.25) is 0 Å². The zero-order chi connectivity index (χ0) is 13.0. The van der Waals surface area contributed by atoms with Crippen LogP contribution in [0, 0.1) is 20.8 Å². The van der Waals surface area contributed by atoms with Gasteiger partial charge in [-0.05, 0) is 44.5 Å². The molecule has 0 saturated carbocycles. The van der Waals surface area contributed by atoms with Crippen LogP contribution in [0.1, 0.15) is 16.7 Å². The Labute approximate surface area is 110 Å². The van der Waals surface area contributed by atoms with Crippen LogP contribution in [0.4, 0.5) is 0 Å². The summed E-state index contributed by atoms with van der Waals surface area (Å²) in [6.45, 7) is 6.17. The summed E-state index contributed by atoms with van der Waals surface area (Å²) >= 11 is 0. The molecule has 0 aliphatic carbocycles. The fourth-order valence-corrected chi connectivity index (χ4v) is 2.23. The molecule has 0 N–H and O–H groups in total. The lowest BCUT2D eigenvalue weighted by Crippen LogP contribution is -1.88. The Morgan fingerprint density at radius 3 is 2.11 bits per heavy atom. The molecule has 0 radical (unpaired) electrons. The molecule has 18 heavy (non-hydrogen) atoms. The second-order valence-electron chi connectivity index (χ2n) is 4.37. The molecular weight excluding hydrogens is 243 g/mol. The van der Waals surface area contributed by atoms with Crippen LogP contribution in [0.3, 0.4) is 0 Å². The van der Waals surface area contributed by atoms with E-state index < -0.39 is 0 Å². The quantitative estimate of drug-likeness (QED) is 0.749. The average molecular weight is 260 g/mol. The molecule has 0 aromatic heterocycles. The van der Waals surface area contributed by atoms with Gasteiger partial charge in [0.15, 0.2) is 0 Å². The van der Waals surface area contributed by atoms with E-state index in [0.717, 1.165) is 17.1 Å². The van der Waals surface area contributed by atoms with E-state index in [4.69, 9.17) is 9.05 Å². The van der Waals surface area contributed by atoms with Crippen molar-refractivity contribution in [1.29, 1.82) is 0 Å². The molecule has 0 heterocycles. The van der Waals surface area contributed by atoms with E-state index in [2.05, 4.69) is 19.9 Å². The molecule has 1 atom stereocenters. The molecule has 0 aliphatic heterocycles. The van der Waals surface area contributed by atoms with Crippen molar-refractivity contribution in [2.45, 2.75) is 20.8 Å². The molecule has 3 heteroatoms. The first-order valence-electron chi connectivity index (χ1n) is 5.88. The predicted octanol–water partition coefficient (Wildman–Crippen LogP) is 4.58. The van der Waals surface area contributed by atoms with E-state index in [0.29, 0.717) is 0 Å². The van der Waals surface area contributed by atoms with Crippen molar-refractivity contribution in [2.24, 2.45) is 0 Å². The molecule has 2 aromatic rings. The molecule has 2 aromatic carbocycles. The molecular formula is C15H17O2P. The summed E-state index contributed by atoms with van der Waals surface area (Å²) in [5, 5.41) is 0. The summed E-state index contributed by atoms with van der Waals surface area (Å²) in [6, 6.07) is 14.1. The maximum absolute atomic E-state index is 5.63. The number of benzene rings is 2. The van der Waals surface area contributed by atoms with E-state index in [1.54, 1.807) is 0 Å². The molecule has 0 amide bonds. The van der Waals surface area contributed by atoms with Crippen molar-refractivity contribution in [3.63, 3.8) is 0 Å². The second kappa shape index (κ2) is 5.88. The van der Waals surface area contributed by atoms with Crippen LogP contribution in [-0.2, 0) is 0 Å². The van der Waals surface area contributed by atoms with Crippen LogP contribution in [0.15, 0.2) is 42.5 Å². The summed E-state index contributed by atoms with van der Waals surface area (Å²) in [7, 11) is -0.0229. The van der Waals surface area contributed by atoms with Gasteiger partial charge in [-0.15, -0.1) is 0 Å². The van der Waals surface area contributed by atoms with Crippen LogP contribution < -0.4 is 9.05 Å². The van der Waals surface area contributed by atoms with E-state index in [1.807, 2.05) is 43.3 Å². The monoisotopic (exact) mass is 260 g/mol. The zero-order valence-electron chi connectivity index (χ0n) is 10.9. The average Bonchev–Trinajstić information content (AvgIpc) is 2.34. The highest BCUT2D eigenvalue weighted by Crippen LogP contribution is 2.27. The Balaban J connectivity index is 1.90. The standard InChI is InChI=1S/C15H17O2P/c1-11-4-7-14(8-5-11)16-18-17-15-9-6-12(2)10-13(15)3/h4-10,18H,1-3H3. The van der Waals surface area contributed by atoms with Crippen molar-refractivity contribution in [2.75, 3.05) is 0 Å². The van der Waals surface area contributed by atoms with E-state index in [1.165, 1.54) is 11.1 Å². The van der Waals surface area contributed by atoms with E-state index in [-0.39, 0.29) is 9.03 Å². The van der Waals surface area contributed by atoms with Crippen molar-refractivity contribution in [1.82, 2.24) is 0 Å². The minimum absolute atomic E-state index is 0.0229. The lowest BCUT2D eigenvalue weighted by Gasteiger charge is -2.09. The molecule has 2 rings (SSSR count). The highest BCUT2D eigenvalue weighted by atomic mass is 31.1. The first kappa shape index (κ1) is 12.9. The molecule has 2 nitrogen and oxygen atoms in total. The number of rotatable bonds is 4. The number of hydrogen-bond donors (Lipinski definition) is 0. The van der Waals surface area contributed by atoms with E-state index >= 15 is 0 Å². The van der Waals surface area contributed by atoms with Crippen molar-refractivity contribution in [3.8, 4) is 11.5 Å². The Morgan fingerprint density at radius 1 is 0.778 bits per heavy atom. The molecule has 1 unspecified atom stereocenters. The highest BCUT2D eigenvalue weighted by Gasteiger charge is 2.00. The van der Waals surface area contributed by atoms with Crippen LogP contribution in [-0.4, -0.2) is 0 Å². The van der Waals surface area contributed by atoms with Crippen LogP contribution >= 0.6 is 9.03 Å². The highest BCUT2D eigenvalue weighted by molar-refractivity contribution is 7.27. The number of aryl methyl sites for hydroxylation is 3. The summed E-state index contributed by atoms with van der Waals surface area (Å²) in [6.07, 6.45) is 0. The largest absolute Gasteiger partial charge is 0.441 e. The molecule has 0 fully saturated rings. The predicted molar refractivity (Wildman–Crippen MR) is 76.7 cm³/mol. The van der Waals surface area contributed by atoms with Gasteiger partial charge < -0.3 is 9.05 Å². The zero-order valence-corrected chi connectivity index (χ0v) is 11.9. The first-order chi connectivity index (χ1) is 8.65. The molecule has 0 saturated heterocycles. The van der Waals surface area contributed by atoms with Crippen molar-refractivity contribution < 1.29 is 9.05 Å². The van der Waals surface area contributed by atoms with Gasteiger partial charge in [0, 0.05) is 0 Å². The topological polar surface area (TPSA) is 18.5 Å². The minimum Gasteiger partial charge on any atom is -0.441 e. The minimum atomic E-state index is -0.0229. The maximum Gasteiger partial charge on any atom is 0.275 e. The van der Waals surface area contributed by atoms with Gasteiger partial charge in [0.1, 0.15) is 11.5 Å². The SMILES string of the molecule is Cc1ccc(OPOc2ccc(C)cc2C)cc1. The summed E-state index contributed by atoms with van der Waals surface area (Å²) in [5.74, 6) is 1.72. The third-order valence-corrected chi connectivity index (χ3v) is 3.28. The summed E-state index contributed by atoms with van der Waals surface area (Å²) in [4.78, 5) is 0. The molecule has 0 bridgehead atoms. The summed E-state index contributed by atoms with van der Waals surface area (Å²) < 4.78 is 11.2. The Bertz CT molecular complexity index is 521. The van der Waals surface area contributed by atoms with Crippen LogP contribution in [0.2, 0.25) is 0 Å². The van der Waals surface area contributed by atoms with Crippen LogP contribution in [0.5, 0.6) is 11.5 Å². The smallest absolute Gasteiger partial charge is 0.275 e. The lowest BCUT2D eigenvalue weighted by atomic mass is 10.1. The lowest BCUT2D eigenvalue weighted by molar-refractivity contribution is 0.513. The second-order valence-corrected chi connectivity index (χ2v) is 4.94. The fourth-order valence-electron chi connectivity index (χ4n) is 1.63. The Hall–Kier alpha value is -1.53. The Morgan fingerprint density at radius 2 is 1.44 bits per heavy atom. The molecule has 0 aliphatic rings. The number of hydrogen-bond acceptors (Lipinski definition) is 2. The first-order valence-corrected chi connectivity index (χ1v) is 6.69. The third-order valence-electron chi connectivity index (χ3n) is 2.66. The maximum atomic E-state index is 5.63. The van der Waals surface area contributed by atoms with Crippen LogP contribution in [0.25, 0.3) is 0 Å². The Kier molecular flexibility index (Phi) is 4.22. The van der Waals surface area contributed by atoms with Gasteiger partial charge in [-0.25, -0.2) is 0 Å². The fraction of sp³-hybridized carbons (Fsp3) is 0.200.